The zero-order valence-corrected chi connectivity index (χ0v) is 16.2. The second kappa shape index (κ2) is 36.2. The van der Waals surface area contributed by atoms with Crippen molar-refractivity contribution in [3.8, 4) is 0 Å². The predicted octanol–water partition coefficient (Wildman–Crippen LogP) is -7.47. The average Bonchev–Trinajstić information content (AvgIpc) is 1.19. The molecule has 0 amide bonds. The van der Waals surface area contributed by atoms with E-state index in [0.717, 1.165) is 0 Å². The molecule has 72 valence electrons. The molecule has 0 fully saturated rings. The van der Waals surface area contributed by atoms with Crippen molar-refractivity contribution >= 4 is 129 Å². The molecule has 0 rings (SSSR count). The molecule has 0 heterocycles. The van der Waals surface area contributed by atoms with Gasteiger partial charge in [-0.1, -0.05) is 0 Å². The van der Waals surface area contributed by atoms with Gasteiger partial charge >= 0.3 is 115 Å². The number of rotatable bonds is 0. The molecular formula is CHMg5O9P+2. The fourth-order valence-electron chi connectivity index (χ4n) is 0. The number of carbonyl (C=O) groups excluding carboxylic acids is 1. The molecule has 0 saturated carbocycles. The summed E-state index contributed by atoms with van der Waals surface area (Å²) in [6.45, 7) is 0. The van der Waals surface area contributed by atoms with Gasteiger partial charge in [0.15, 0.2) is 0 Å². The Hall–Kier alpha value is 3.13. The SMILES string of the molecule is O=C([O-])[O-].O=P([O-])([O-])[O-].[Mg+2].[Mg+2].[Mg+2].[Mg+2].[Mg+2].[O-2].[OH-]. The Labute approximate surface area is 172 Å². The summed E-state index contributed by atoms with van der Waals surface area (Å²) in [7, 11) is -5.39. The molecule has 0 bridgehead atoms. The van der Waals surface area contributed by atoms with Gasteiger partial charge in [-0.25, -0.2) is 0 Å². The standard InChI is InChI=1S/CH2O3.5Mg.H3O4P.H2O.O/c2-1(3)4;;;;;;1-5(2,3)4;;/h(H2,2,3,4);;;;;;(H3,1,2,3,4);1H2;/q;5*+2;;;-2/p-6. The Bertz CT molecular complexity index is 124. The van der Waals surface area contributed by atoms with Crippen LogP contribution < -0.4 is 24.9 Å². The van der Waals surface area contributed by atoms with Gasteiger partial charge in [0, 0.05) is 0 Å². The molecule has 0 saturated heterocycles. The minimum Gasteiger partial charge on any atom is -2.00 e. The van der Waals surface area contributed by atoms with E-state index in [0.29, 0.717) is 0 Å². The molecule has 0 unspecified atom stereocenters. The van der Waals surface area contributed by atoms with Gasteiger partial charge in [0.1, 0.15) is 0 Å². The number of hydrogen-bond acceptors (Lipinski definition) is 8. The van der Waals surface area contributed by atoms with Gasteiger partial charge in [-0.15, -0.1) is 0 Å². The smallest absolute Gasteiger partial charge is 2.00 e. The van der Waals surface area contributed by atoms with Gasteiger partial charge in [-0.2, -0.15) is 7.82 Å². The largest absolute Gasteiger partial charge is 2.00 e. The third-order valence-corrected chi connectivity index (χ3v) is 0. The van der Waals surface area contributed by atoms with Crippen molar-refractivity contribution in [2.75, 3.05) is 0 Å². The van der Waals surface area contributed by atoms with Crippen molar-refractivity contribution in [1.29, 1.82) is 0 Å². The van der Waals surface area contributed by atoms with E-state index in [2.05, 4.69) is 0 Å². The molecule has 0 aromatic heterocycles. The summed E-state index contributed by atoms with van der Waals surface area (Å²) < 4.78 is 8.55. The van der Waals surface area contributed by atoms with E-state index in [1.54, 1.807) is 0 Å². The molecular weight excluding hydrogens is 309 g/mol. The van der Waals surface area contributed by atoms with Crippen molar-refractivity contribution < 1.29 is 45.2 Å². The van der Waals surface area contributed by atoms with Gasteiger partial charge in [-0.3, -0.25) is 0 Å². The van der Waals surface area contributed by atoms with Crippen molar-refractivity contribution in [3.05, 3.63) is 0 Å². The van der Waals surface area contributed by atoms with Crippen molar-refractivity contribution in [3.63, 3.8) is 0 Å². The third kappa shape index (κ3) is 455. The van der Waals surface area contributed by atoms with Crippen LogP contribution in [0, 0.1) is 0 Å². The minimum atomic E-state index is -5.39. The number of phosphoric acid groups is 1. The van der Waals surface area contributed by atoms with E-state index in [-0.39, 0.29) is 126 Å². The fraction of sp³-hybridized carbons (Fsp3) is 0. The number of carbonyl (C=O) groups is 1. The van der Waals surface area contributed by atoms with Crippen LogP contribution in [0.4, 0.5) is 4.79 Å². The Balaban J connectivity index is -0.00000000614. The maximum Gasteiger partial charge on any atom is 2.00 e. The average molecular weight is 310 g/mol. The molecule has 0 spiro atoms. The van der Waals surface area contributed by atoms with Crippen LogP contribution in [0.5, 0.6) is 0 Å². The van der Waals surface area contributed by atoms with E-state index >= 15 is 0 Å². The summed E-state index contributed by atoms with van der Waals surface area (Å²) in [6.07, 6.45) is -2.33. The van der Waals surface area contributed by atoms with E-state index in [1.165, 1.54) is 0 Å². The van der Waals surface area contributed by atoms with Gasteiger partial charge in [0.05, 0.1) is 0 Å². The Kier molecular flexibility index (Phi) is 138. The molecule has 1 N–H and O–H groups in total. The summed E-state index contributed by atoms with van der Waals surface area (Å²) in [5.41, 5.74) is 0. The zero-order chi connectivity index (χ0) is 8.08. The summed E-state index contributed by atoms with van der Waals surface area (Å²) in [5.74, 6) is 0. The predicted molar refractivity (Wildman–Crippen MR) is 44.4 cm³/mol. The van der Waals surface area contributed by atoms with Crippen LogP contribution in [-0.2, 0) is 10.0 Å². The second-order valence-electron chi connectivity index (χ2n) is 0.697. The first kappa shape index (κ1) is 61.3. The van der Waals surface area contributed by atoms with Crippen molar-refractivity contribution in [2.24, 2.45) is 0 Å². The monoisotopic (exact) mass is 308 g/mol. The first-order chi connectivity index (χ1) is 3.73. The zero-order valence-electron chi connectivity index (χ0n) is 8.20. The van der Waals surface area contributed by atoms with Crippen molar-refractivity contribution in [2.45, 2.75) is 0 Å². The first-order valence-corrected chi connectivity index (χ1v) is 2.80. The molecule has 0 aliphatic heterocycles. The normalized spacial score (nSPS) is 5.19. The second-order valence-corrected chi connectivity index (χ2v) is 1.59. The van der Waals surface area contributed by atoms with Crippen LogP contribution in [0.25, 0.3) is 0 Å². The van der Waals surface area contributed by atoms with Crippen LogP contribution in [-0.4, -0.2) is 127 Å². The summed E-state index contributed by atoms with van der Waals surface area (Å²) in [6, 6.07) is 0. The van der Waals surface area contributed by atoms with Crippen LogP contribution in [0.3, 0.4) is 0 Å². The van der Waals surface area contributed by atoms with Gasteiger partial charge in [0.2, 0.25) is 0 Å². The molecule has 0 aromatic carbocycles. The van der Waals surface area contributed by atoms with E-state index < -0.39 is 14.0 Å². The summed E-state index contributed by atoms with van der Waals surface area (Å²) in [5, 5.41) is 16.7. The fourth-order valence-corrected chi connectivity index (χ4v) is 0. The Morgan fingerprint density at radius 3 is 0.812 bits per heavy atom. The van der Waals surface area contributed by atoms with Crippen LogP contribution in [0.1, 0.15) is 0 Å². The minimum absolute atomic E-state index is 0. The molecule has 0 aliphatic rings. The van der Waals surface area contributed by atoms with Crippen LogP contribution >= 0.6 is 7.82 Å². The van der Waals surface area contributed by atoms with Crippen LogP contribution in [0.2, 0.25) is 0 Å². The first-order valence-electron chi connectivity index (χ1n) is 1.34. The molecule has 0 radical (unpaired) electrons. The number of carboxylic acid groups (broad SMARTS) is 2. The Morgan fingerprint density at radius 2 is 0.812 bits per heavy atom. The van der Waals surface area contributed by atoms with Gasteiger partial charge in [-0.05, 0) is 6.16 Å². The van der Waals surface area contributed by atoms with Gasteiger partial charge < -0.3 is 45.2 Å². The Morgan fingerprint density at radius 1 is 0.812 bits per heavy atom. The van der Waals surface area contributed by atoms with E-state index in [1.807, 2.05) is 0 Å². The number of hydrogen-bond donors (Lipinski definition) is 0. The quantitative estimate of drug-likeness (QED) is 0.309. The maximum atomic E-state index is 8.55. The van der Waals surface area contributed by atoms with E-state index in [4.69, 9.17) is 34.3 Å². The molecule has 9 nitrogen and oxygen atoms in total. The summed E-state index contributed by atoms with van der Waals surface area (Å²) in [4.78, 5) is 34.0. The van der Waals surface area contributed by atoms with Gasteiger partial charge in [0.25, 0.3) is 0 Å². The van der Waals surface area contributed by atoms with E-state index in [9.17, 15) is 0 Å². The third-order valence-electron chi connectivity index (χ3n) is 0. The maximum absolute atomic E-state index is 8.55. The molecule has 0 atom stereocenters. The molecule has 16 heavy (non-hydrogen) atoms. The topological polar surface area (TPSA) is 208 Å². The molecule has 0 aliphatic carbocycles. The van der Waals surface area contributed by atoms with Crippen LogP contribution in [0.15, 0.2) is 0 Å². The molecule has 0 aromatic rings. The molecule has 15 heteroatoms. The van der Waals surface area contributed by atoms with Crippen molar-refractivity contribution in [1.82, 2.24) is 0 Å². The summed E-state index contributed by atoms with van der Waals surface area (Å²) >= 11 is 0.